The highest BCUT2D eigenvalue weighted by Crippen LogP contribution is 2.10. The second-order valence-corrected chi connectivity index (χ2v) is 3.56. The van der Waals surface area contributed by atoms with Crippen molar-refractivity contribution in [2.45, 2.75) is 6.92 Å². The number of rotatable bonds is 4. The number of ether oxygens (including phenoxy) is 1. The third-order valence-corrected chi connectivity index (χ3v) is 2.31. The van der Waals surface area contributed by atoms with E-state index in [1.165, 1.54) is 11.3 Å². The number of amides is 1. The third-order valence-electron chi connectivity index (χ3n) is 1.55. The summed E-state index contributed by atoms with van der Waals surface area (Å²) in [6.07, 6.45) is 0. The SMILES string of the molecule is COCCNC(=O)c1ncsc1C. The van der Waals surface area contributed by atoms with E-state index >= 15 is 0 Å². The summed E-state index contributed by atoms with van der Waals surface area (Å²) in [7, 11) is 1.60. The van der Waals surface area contributed by atoms with E-state index in [1.807, 2.05) is 6.92 Å². The predicted octanol–water partition coefficient (Wildman–Crippen LogP) is 0.828. The number of hydrogen-bond acceptors (Lipinski definition) is 4. The van der Waals surface area contributed by atoms with E-state index in [2.05, 4.69) is 10.3 Å². The Morgan fingerprint density at radius 3 is 3.08 bits per heavy atom. The van der Waals surface area contributed by atoms with Crippen LogP contribution < -0.4 is 5.32 Å². The first kappa shape index (κ1) is 10.1. The van der Waals surface area contributed by atoms with Crippen LogP contribution in [0.15, 0.2) is 5.51 Å². The highest BCUT2D eigenvalue weighted by Gasteiger charge is 2.10. The van der Waals surface area contributed by atoms with E-state index in [-0.39, 0.29) is 5.91 Å². The molecule has 0 spiro atoms. The Balaban J connectivity index is 2.45. The standard InChI is InChI=1S/C8H12N2O2S/c1-6-7(10-5-13-6)8(11)9-3-4-12-2/h5H,3-4H2,1-2H3,(H,9,11). The molecule has 0 unspecified atom stereocenters. The minimum Gasteiger partial charge on any atom is -0.383 e. The summed E-state index contributed by atoms with van der Waals surface area (Å²) in [5.74, 6) is -0.129. The molecule has 1 N–H and O–H groups in total. The van der Waals surface area contributed by atoms with Crippen LogP contribution in [0.4, 0.5) is 0 Å². The van der Waals surface area contributed by atoms with Gasteiger partial charge in [0.25, 0.3) is 5.91 Å². The van der Waals surface area contributed by atoms with Crippen LogP contribution in [-0.2, 0) is 4.74 Å². The van der Waals surface area contributed by atoms with Crippen LogP contribution in [0.1, 0.15) is 15.4 Å². The second-order valence-electron chi connectivity index (χ2n) is 2.51. The number of thiazole rings is 1. The number of aromatic nitrogens is 1. The first-order valence-corrected chi connectivity index (χ1v) is 4.81. The lowest BCUT2D eigenvalue weighted by atomic mass is 10.3. The van der Waals surface area contributed by atoms with Gasteiger partial charge in [0.1, 0.15) is 5.69 Å². The molecule has 0 aliphatic carbocycles. The Hall–Kier alpha value is -0.940. The van der Waals surface area contributed by atoms with Gasteiger partial charge in [0.05, 0.1) is 12.1 Å². The van der Waals surface area contributed by atoms with Crippen molar-refractivity contribution in [2.24, 2.45) is 0 Å². The van der Waals surface area contributed by atoms with Crippen LogP contribution in [0.3, 0.4) is 0 Å². The van der Waals surface area contributed by atoms with Gasteiger partial charge in [0.15, 0.2) is 0 Å². The zero-order chi connectivity index (χ0) is 9.68. The van der Waals surface area contributed by atoms with E-state index in [0.29, 0.717) is 18.8 Å². The molecule has 0 saturated heterocycles. The Kier molecular flexibility index (Phi) is 3.85. The minimum absolute atomic E-state index is 0.129. The molecule has 13 heavy (non-hydrogen) atoms. The van der Waals surface area contributed by atoms with Crippen LogP contribution in [-0.4, -0.2) is 31.2 Å². The van der Waals surface area contributed by atoms with Crippen LogP contribution in [0, 0.1) is 6.92 Å². The van der Waals surface area contributed by atoms with Gasteiger partial charge in [-0.25, -0.2) is 4.98 Å². The van der Waals surface area contributed by atoms with Crippen molar-refractivity contribution in [3.05, 3.63) is 16.1 Å². The monoisotopic (exact) mass is 200 g/mol. The molecule has 0 radical (unpaired) electrons. The average Bonchev–Trinajstić information content (AvgIpc) is 2.52. The number of nitrogens with one attached hydrogen (secondary N) is 1. The zero-order valence-corrected chi connectivity index (χ0v) is 8.48. The molecule has 0 fully saturated rings. The summed E-state index contributed by atoms with van der Waals surface area (Å²) in [5.41, 5.74) is 2.18. The number of hydrogen-bond donors (Lipinski definition) is 1. The van der Waals surface area contributed by atoms with Crippen molar-refractivity contribution in [1.29, 1.82) is 0 Å². The van der Waals surface area contributed by atoms with Crippen LogP contribution in [0.25, 0.3) is 0 Å². The molecule has 5 heteroatoms. The minimum atomic E-state index is -0.129. The Bertz CT molecular complexity index is 285. The quantitative estimate of drug-likeness (QED) is 0.732. The van der Waals surface area contributed by atoms with Gasteiger partial charge in [-0.3, -0.25) is 4.79 Å². The van der Waals surface area contributed by atoms with Crippen molar-refractivity contribution in [3.63, 3.8) is 0 Å². The lowest BCUT2D eigenvalue weighted by molar-refractivity contribution is 0.0932. The van der Waals surface area contributed by atoms with Gasteiger partial charge in [-0.1, -0.05) is 0 Å². The van der Waals surface area contributed by atoms with Crippen molar-refractivity contribution >= 4 is 17.2 Å². The maximum absolute atomic E-state index is 11.4. The van der Waals surface area contributed by atoms with Crippen molar-refractivity contribution < 1.29 is 9.53 Å². The van der Waals surface area contributed by atoms with Crippen molar-refractivity contribution in [1.82, 2.24) is 10.3 Å². The first-order valence-electron chi connectivity index (χ1n) is 3.93. The summed E-state index contributed by atoms with van der Waals surface area (Å²) >= 11 is 1.47. The summed E-state index contributed by atoms with van der Waals surface area (Å²) in [6.45, 7) is 2.92. The molecule has 0 aliphatic rings. The molecule has 1 amide bonds. The highest BCUT2D eigenvalue weighted by atomic mass is 32.1. The number of carbonyl (C=O) groups is 1. The maximum Gasteiger partial charge on any atom is 0.271 e. The topological polar surface area (TPSA) is 51.2 Å². The average molecular weight is 200 g/mol. The molecule has 0 saturated carbocycles. The van der Waals surface area contributed by atoms with E-state index in [1.54, 1.807) is 12.6 Å². The molecule has 0 aliphatic heterocycles. The second kappa shape index (κ2) is 4.94. The smallest absolute Gasteiger partial charge is 0.271 e. The van der Waals surface area contributed by atoms with Gasteiger partial charge in [-0.15, -0.1) is 11.3 Å². The van der Waals surface area contributed by atoms with Crippen molar-refractivity contribution in [3.8, 4) is 0 Å². The largest absolute Gasteiger partial charge is 0.383 e. The maximum atomic E-state index is 11.4. The number of methoxy groups -OCH3 is 1. The molecule has 1 heterocycles. The summed E-state index contributed by atoms with van der Waals surface area (Å²) in [6, 6.07) is 0. The highest BCUT2D eigenvalue weighted by molar-refractivity contribution is 7.09. The molecule has 0 atom stereocenters. The fourth-order valence-corrected chi connectivity index (χ4v) is 1.45. The molecule has 1 rings (SSSR count). The lowest BCUT2D eigenvalue weighted by Crippen LogP contribution is -2.27. The lowest BCUT2D eigenvalue weighted by Gasteiger charge is -2.01. The van der Waals surface area contributed by atoms with Crippen LogP contribution in [0.5, 0.6) is 0 Å². The van der Waals surface area contributed by atoms with E-state index in [9.17, 15) is 4.79 Å². The number of aryl methyl sites for hydroxylation is 1. The molecular weight excluding hydrogens is 188 g/mol. The normalized spacial score (nSPS) is 10.0. The Morgan fingerprint density at radius 1 is 1.77 bits per heavy atom. The number of carbonyl (C=O) groups excluding carboxylic acids is 1. The van der Waals surface area contributed by atoms with E-state index < -0.39 is 0 Å². The molecule has 72 valence electrons. The molecule has 1 aromatic rings. The summed E-state index contributed by atoms with van der Waals surface area (Å²) in [5, 5.41) is 2.71. The zero-order valence-electron chi connectivity index (χ0n) is 7.66. The third kappa shape index (κ3) is 2.78. The molecule has 1 aromatic heterocycles. The van der Waals surface area contributed by atoms with Gasteiger partial charge < -0.3 is 10.1 Å². The molecule has 0 bridgehead atoms. The predicted molar refractivity (Wildman–Crippen MR) is 51.1 cm³/mol. The molecular formula is C8H12N2O2S. The molecule has 0 aromatic carbocycles. The van der Waals surface area contributed by atoms with Crippen LogP contribution in [0.2, 0.25) is 0 Å². The summed E-state index contributed by atoms with van der Waals surface area (Å²) in [4.78, 5) is 16.3. The van der Waals surface area contributed by atoms with Crippen molar-refractivity contribution in [2.75, 3.05) is 20.3 Å². The van der Waals surface area contributed by atoms with Gasteiger partial charge in [0, 0.05) is 18.5 Å². The first-order chi connectivity index (χ1) is 6.25. The fraction of sp³-hybridized carbons (Fsp3) is 0.500. The fourth-order valence-electron chi connectivity index (χ4n) is 0.874. The van der Waals surface area contributed by atoms with Gasteiger partial charge in [-0.05, 0) is 6.92 Å². The van der Waals surface area contributed by atoms with Crippen LogP contribution >= 0.6 is 11.3 Å². The van der Waals surface area contributed by atoms with Gasteiger partial charge in [-0.2, -0.15) is 0 Å². The Morgan fingerprint density at radius 2 is 2.54 bits per heavy atom. The molecule has 4 nitrogen and oxygen atoms in total. The Labute approximate surface area is 80.9 Å². The van der Waals surface area contributed by atoms with Gasteiger partial charge in [0.2, 0.25) is 0 Å². The van der Waals surface area contributed by atoms with E-state index in [4.69, 9.17) is 4.74 Å². The van der Waals surface area contributed by atoms with Gasteiger partial charge >= 0.3 is 0 Å². The summed E-state index contributed by atoms with van der Waals surface area (Å²) < 4.78 is 4.81. The number of nitrogens with zero attached hydrogens (tertiary/aromatic N) is 1. The van der Waals surface area contributed by atoms with E-state index in [0.717, 1.165) is 4.88 Å².